The van der Waals surface area contributed by atoms with Crippen LogP contribution in [0.15, 0.2) is 47.0 Å². The Balaban J connectivity index is 1.86. The van der Waals surface area contributed by atoms with Crippen LogP contribution < -0.4 is 9.47 Å². The molecule has 1 heterocycles. The standard InChI is InChI=1S/C21H19F3N2O5/c1-11(2)29-17-9-6-14(10-16(17)21(22,23)24)18-25-19(31-26-18)13-4-7-15(8-5-13)30-12(3)20(27)28/h4-12H,1-3H3,(H,27,28)/t12-/m1/s1. The van der Waals surface area contributed by atoms with Crippen molar-refractivity contribution in [3.05, 3.63) is 48.0 Å². The minimum atomic E-state index is -4.62. The van der Waals surface area contributed by atoms with E-state index in [0.29, 0.717) is 11.3 Å². The van der Waals surface area contributed by atoms with Gasteiger partial charge in [0.2, 0.25) is 5.82 Å². The molecule has 0 saturated heterocycles. The summed E-state index contributed by atoms with van der Waals surface area (Å²) in [6.07, 6.45) is -6.06. The van der Waals surface area contributed by atoms with Crippen molar-refractivity contribution >= 4 is 5.97 Å². The Labute approximate surface area is 175 Å². The molecule has 0 saturated carbocycles. The predicted molar refractivity (Wildman–Crippen MR) is 104 cm³/mol. The molecule has 31 heavy (non-hydrogen) atoms. The Hall–Kier alpha value is -3.56. The molecule has 0 fully saturated rings. The first kappa shape index (κ1) is 22.1. The summed E-state index contributed by atoms with van der Waals surface area (Å²) in [5.74, 6) is -0.982. The number of aliphatic carboxylic acids is 1. The number of alkyl halides is 3. The van der Waals surface area contributed by atoms with Gasteiger partial charge in [-0.05, 0) is 63.2 Å². The Morgan fingerprint density at radius 3 is 2.26 bits per heavy atom. The van der Waals surface area contributed by atoms with Crippen molar-refractivity contribution in [2.24, 2.45) is 0 Å². The molecule has 7 nitrogen and oxygen atoms in total. The fourth-order valence-electron chi connectivity index (χ4n) is 2.64. The van der Waals surface area contributed by atoms with Crippen molar-refractivity contribution in [1.29, 1.82) is 0 Å². The smallest absolute Gasteiger partial charge is 0.419 e. The molecule has 0 spiro atoms. The van der Waals surface area contributed by atoms with Gasteiger partial charge in [0.15, 0.2) is 6.10 Å². The molecule has 0 aliphatic heterocycles. The lowest BCUT2D eigenvalue weighted by molar-refractivity contribution is -0.144. The maximum atomic E-state index is 13.4. The minimum Gasteiger partial charge on any atom is -0.490 e. The van der Waals surface area contributed by atoms with Crippen LogP contribution >= 0.6 is 0 Å². The van der Waals surface area contributed by atoms with Gasteiger partial charge in [0, 0.05) is 11.1 Å². The summed E-state index contributed by atoms with van der Waals surface area (Å²) in [5, 5.41) is 12.6. The minimum absolute atomic E-state index is 0.0172. The van der Waals surface area contributed by atoms with Gasteiger partial charge in [0.1, 0.15) is 11.5 Å². The number of aromatic nitrogens is 2. The van der Waals surface area contributed by atoms with E-state index in [2.05, 4.69) is 10.1 Å². The average molecular weight is 436 g/mol. The molecular formula is C21H19F3N2O5. The predicted octanol–water partition coefficient (Wildman–Crippen LogP) is 5.06. The maximum Gasteiger partial charge on any atom is 0.419 e. The number of ether oxygens (including phenoxy) is 2. The number of carboxylic acid groups (broad SMARTS) is 1. The van der Waals surface area contributed by atoms with Crippen LogP contribution in [0.4, 0.5) is 13.2 Å². The molecule has 1 aromatic heterocycles. The van der Waals surface area contributed by atoms with Gasteiger partial charge >= 0.3 is 12.1 Å². The van der Waals surface area contributed by atoms with Crippen molar-refractivity contribution in [2.45, 2.75) is 39.2 Å². The average Bonchev–Trinajstić information content (AvgIpc) is 3.17. The second kappa shape index (κ2) is 8.66. The molecular weight excluding hydrogens is 417 g/mol. The SMILES string of the molecule is CC(C)Oc1ccc(-c2noc(-c3ccc(O[C@H](C)C(=O)O)cc3)n2)cc1C(F)(F)F. The lowest BCUT2D eigenvalue weighted by atomic mass is 10.1. The third-order valence-electron chi connectivity index (χ3n) is 4.09. The molecule has 0 radical (unpaired) electrons. The van der Waals surface area contributed by atoms with Crippen molar-refractivity contribution in [3.8, 4) is 34.3 Å². The fourth-order valence-corrected chi connectivity index (χ4v) is 2.64. The highest BCUT2D eigenvalue weighted by Gasteiger charge is 2.35. The van der Waals surface area contributed by atoms with E-state index < -0.39 is 29.9 Å². The lowest BCUT2D eigenvalue weighted by Crippen LogP contribution is -2.22. The van der Waals surface area contributed by atoms with Crippen LogP contribution in [0.25, 0.3) is 22.8 Å². The first-order valence-electron chi connectivity index (χ1n) is 9.26. The topological polar surface area (TPSA) is 94.7 Å². The third kappa shape index (κ3) is 5.33. The summed E-state index contributed by atoms with van der Waals surface area (Å²) in [6.45, 7) is 4.67. The van der Waals surface area contributed by atoms with Gasteiger partial charge in [-0.1, -0.05) is 5.16 Å². The van der Waals surface area contributed by atoms with Crippen molar-refractivity contribution < 1.29 is 37.1 Å². The van der Waals surface area contributed by atoms with Crippen molar-refractivity contribution in [2.75, 3.05) is 0 Å². The summed E-state index contributed by atoms with van der Waals surface area (Å²) in [7, 11) is 0. The molecule has 3 rings (SSSR count). The largest absolute Gasteiger partial charge is 0.490 e. The Morgan fingerprint density at radius 2 is 1.68 bits per heavy atom. The van der Waals surface area contributed by atoms with E-state index >= 15 is 0 Å². The van der Waals surface area contributed by atoms with Crippen LogP contribution in [0.1, 0.15) is 26.3 Å². The molecule has 0 bridgehead atoms. The number of carbonyl (C=O) groups is 1. The molecule has 1 N–H and O–H groups in total. The molecule has 0 aliphatic rings. The number of carboxylic acids is 1. The summed E-state index contributed by atoms with van der Waals surface area (Å²) in [6, 6.07) is 9.76. The maximum absolute atomic E-state index is 13.4. The number of nitrogens with zero attached hydrogens (tertiary/aromatic N) is 2. The number of halogens is 3. The van der Waals surface area contributed by atoms with Crippen molar-refractivity contribution in [3.63, 3.8) is 0 Å². The fraction of sp³-hybridized carbons (Fsp3) is 0.286. The molecule has 2 aromatic carbocycles. The van der Waals surface area contributed by atoms with E-state index in [1.807, 2.05) is 0 Å². The van der Waals surface area contributed by atoms with Gasteiger partial charge in [0.05, 0.1) is 11.7 Å². The van der Waals surface area contributed by atoms with E-state index in [9.17, 15) is 18.0 Å². The van der Waals surface area contributed by atoms with E-state index in [1.54, 1.807) is 26.0 Å². The van der Waals surface area contributed by atoms with E-state index in [0.717, 1.165) is 6.07 Å². The van der Waals surface area contributed by atoms with E-state index in [4.69, 9.17) is 19.1 Å². The van der Waals surface area contributed by atoms with E-state index in [-0.39, 0.29) is 23.0 Å². The zero-order valence-corrected chi connectivity index (χ0v) is 16.8. The normalized spacial score (nSPS) is 12.6. The quantitative estimate of drug-likeness (QED) is 0.553. The van der Waals surface area contributed by atoms with Gasteiger partial charge in [-0.3, -0.25) is 0 Å². The molecule has 10 heteroatoms. The summed E-state index contributed by atoms with van der Waals surface area (Å²) >= 11 is 0. The second-order valence-corrected chi connectivity index (χ2v) is 6.92. The molecule has 0 aliphatic carbocycles. The zero-order chi connectivity index (χ0) is 22.8. The summed E-state index contributed by atoms with van der Waals surface area (Å²) < 4.78 is 56.0. The van der Waals surface area contributed by atoms with Gasteiger partial charge < -0.3 is 19.1 Å². The van der Waals surface area contributed by atoms with Crippen LogP contribution in [-0.4, -0.2) is 33.4 Å². The van der Waals surface area contributed by atoms with Gasteiger partial charge in [-0.2, -0.15) is 18.2 Å². The number of hydrogen-bond donors (Lipinski definition) is 1. The van der Waals surface area contributed by atoms with Crippen LogP contribution in [0.5, 0.6) is 11.5 Å². The highest BCUT2D eigenvalue weighted by atomic mass is 19.4. The highest BCUT2D eigenvalue weighted by molar-refractivity contribution is 5.72. The zero-order valence-electron chi connectivity index (χ0n) is 16.8. The Kier molecular flexibility index (Phi) is 6.19. The summed E-state index contributed by atoms with van der Waals surface area (Å²) in [4.78, 5) is 15.0. The van der Waals surface area contributed by atoms with E-state index in [1.165, 1.54) is 31.2 Å². The first-order valence-corrected chi connectivity index (χ1v) is 9.26. The molecule has 3 aromatic rings. The van der Waals surface area contributed by atoms with Gasteiger partial charge in [-0.15, -0.1) is 0 Å². The van der Waals surface area contributed by atoms with Crippen LogP contribution in [0.2, 0.25) is 0 Å². The molecule has 164 valence electrons. The molecule has 0 unspecified atom stereocenters. The van der Waals surface area contributed by atoms with Gasteiger partial charge in [0.25, 0.3) is 5.89 Å². The Morgan fingerprint density at radius 1 is 1.03 bits per heavy atom. The van der Waals surface area contributed by atoms with Crippen LogP contribution in [-0.2, 0) is 11.0 Å². The monoisotopic (exact) mass is 436 g/mol. The molecule has 0 amide bonds. The Bertz CT molecular complexity index is 1060. The molecule has 1 atom stereocenters. The van der Waals surface area contributed by atoms with Crippen LogP contribution in [0, 0.1) is 0 Å². The second-order valence-electron chi connectivity index (χ2n) is 6.92. The summed E-state index contributed by atoms with van der Waals surface area (Å²) in [5.41, 5.74) is -0.322. The highest BCUT2D eigenvalue weighted by Crippen LogP contribution is 2.39. The van der Waals surface area contributed by atoms with Crippen molar-refractivity contribution in [1.82, 2.24) is 10.1 Å². The third-order valence-corrected chi connectivity index (χ3v) is 4.09. The lowest BCUT2D eigenvalue weighted by Gasteiger charge is -2.16. The number of benzene rings is 2. The first-order chi connectivity index (χ1) is 14.5. The number of rotatable bonds is 7. The number of hydrogen-bond acceptors (Lipinski definition) is 6. The van der Waals surface area contributed by atoms with Crippen LogP contribution in [0.3, 0.4) is 0 Å². The van der Waals surface area contributed by atoms with Gasteiger partial charge in [-0.25, -0.2) is 4.79 Å².